The maximum absolute atomic E-state index is 14.2. The average Bonchev–Trinajstić information content (AvgIpc) is 3.17. The number of pyridine rings is 2. The SMILES string of the molecule is NNC(=O)c1cn2c(ccc3c(-c4ccccc4)cc(C(F)(F)C(F)(F)F)nc32)n1. The lowest BCUT2D eigenvalue weighted by atomic mass is 10.00. The van der Waals surface area contributed by atoms with Crippen molar-refractivity contribution in [2.45, 2.75) is 12.1 Å². The summed E-state index contributed by atoms with van der Waals surface area (Å²) in [7, 11) is 0. The number of carbonyl (C=O) groups excluding carboxylic acids is 1. The summed E-state index contributed by atoms with van der Waals surface area (Å²) in [6, 6.07) is 11.8. The largest absolute Gasteiger partial charge is 0.459 e. The minimum absolute atomic E-state index is 0.125. The minimum Gasteiger partial charge on any atom is -0.289 e. The molecule has 11 heteroatoms. The molecule has 6 nitrogen and oxygen atoms in total. The molecule has 0 unspecified atom stereocenters. The fourth-order valence-corrected chi connectivity index (χ4v) is 3.08. The van der Waals surface area contributed by atoms with Gasteiger partial charge in [0.15, 0.2) is 0 Å². The number of aromatic nitrogens is 3. The van der Waals surface area contributed by atoms with E-state index in [1.807, 2.05) is 5.43 Å². The molecule has 0 aliphatic rings. The van der Waals surface area contributed by atoms with Gasteiger partial charge >= 0.3 is 12.1 Å². The molecule has 0 saturated heterocycles. The fraction of sp³-hybridized carbons (Fsp3) is 0.105. The van der Waals surface area contributed by atoms with Crippen LogP contribution in [0.2, 0.25) is 0 Å². The lowest BCUT2D eigenvalue weighted by Crippen LogP contribution is -2.34. The molecule has 4 aromatic rings. The molecular weight excluding hydrogens is 409 g/mol. The van der Waals surface area contributed by atoms with Crippen LogP contribution in [0, 0.1) is 0 Å². The van der Waals surface area contributed by atoms with Crippen molar-refractivity contribution in [2.24, 2.45) is 5.84 Å². The van der Waals surface area contributed by atoms with Gasteiger partial charge in [-0.25, -0.2) is 15.8 Å². The molecule has 154 valence electrons. The first kappa shape index (κ1) is 19.7. The second kappa shape index (κ2) is 6.73. The van der Waals surface area contributed by atoms with Gasteiger partial charge in [-0.05, 0) is 29.3 Å². The van der Waals surface area contributed by atoms with Crippen LogP contribution in [-0.2, 0) is 5.92 Å². The number of amides is 1. The first-order valence-corrected chi connectivity index (χ1v) is 8.47. The van der Waals surface area contributed by atoms with Gasteiger partial charge in [-0.3, -0.25) is 14.6 Å². The second-order valence-electron chi connectivity index (χ2n) is 6.39. The number of hydrogen-bond donors (Lipinski definition) is 2. The van der Waals surface area contributed by atoms with Crippen LogP contribution in [0.4, 0.5) is 22.0 Å². The number of fused-ring (bicyclic) bond motifs is 3. The third-order valence-electron chi connectivity index (χ3n) is 4.53. The maximum atomic E-state index is 14.2. The Morgan fingerprint density at radius 1 is 1.00 bits per heavy atom. The molecule has 0 atom stereocenters. The Morgan fingerprint density at radius 2 is 1.70 bits per heavy atom. The zero-order valence-corrected chi connectivity index (χ0v) is 14.9. The van der Waals surface area contributed by atoms with E-state index in [-0.39, 0.29) is 22.6 Å². The number of benzene rings is 1. The van der Waals surface area contributed by atoms with E-state index >= 15 is 0 Å². The molecule has 1 amide bonds. The van der Waals surface area contributed by atoms with Crippen molar-refractivity contribution in [1.29, 1.82) is 0 Å². The van der Waals surface area contributed by atoms with Crippen LogP contribution in [0.5, 0.6) is 0 Å². The third-order valence-corrected chi connectivity index (χ3v) is 4.53. The van der Waals surface area contributed by atoms with Crippen molar-refractivity contribution in [2.75, 3.05) is 0 Å². The van der Waals surface area contributed by atoms with Crippen LogP contribution in [0.25, 0.3) is 27.8 Å². The Kier molecular flexibility index (Phi) is 4.42. The smallest absolute Gasteiger partial charge is 0.289 e. The summed E-state index contributed by atoms with van der Waals surface area (Å²) in [6.07, 6.45) is -4.67. The number of imidazole rings is 1. The molecule has 0 saturated carbocycles. The first-order chi connectivity index (χ1) is 14.1. The van der Waals surface area contributed by atoms with Crippen LogP contribution < -0.4 is 11.3 Å². The lowest BCUT2D eigenvalue weighted by Gasteiger charge is -2.20. The topological polar surface area (TPSA) is 85.3 Å². The number of nitrogen functional groups attached to an aromatic ring is 1. The molecule has 1 aromatic carbocycles. The number of hydrazine groups is 1. The Hall–Kier alpha value is -3.60. The Balaban J connectivity index is 2.10. The zero-order chi connectivity index (χ0) is 21.7. The van der Waals surface area contributed by atoms with Crippen molar-refractivity contribution < 1.29 is 26.7 Å². The molecular formula is C19H12F5N5O. The number of nitrogens with two attached hydrogens (primary N) is 1. The molecule has 3 aromatic heterocycles. The molecule has 0 bridgehead atoms. The van der Waals surface area contributed by atoms with Crippen LogP contribution in [0.15, 0.2) is 54.7 Å². The highest BCUT2D eigenvalue weighted by Crippen LogP contribution is 2.45. The zero-order valence-electron chi connectivity index (χ0n) is 14.9. The molecule has 0 aliphatic carbocycles. The van der Waals surface area contributed by atoms with E-state index in [0.717, 1.165) is 12.3 Å². The summed E-state index contributed by atoms with van der Waals surface area (Å²) in [5.41, 5.74) is 0.720. The summed E-state index contributed by atoms with van der Waals surface area (Å²) in [5, 5.41) is 0.299. The summed E-state index contributed by atoms with van der Waals surface area (Å²) in [5.74, 6) is -0.868. The van der Waals surface area contributed by atoms with Crippen LogP contribution >= 0.6 is 0 Å². The monoisotopic (exact) mass is 421 g/mol. The van der Waals surface area contributed by atoms with E-state index in [9.17, 15) is 26.7 Å². The number of hydrogen-bond acceptors (Lipinski definition) is 4. The van der Waals surface area contributed by atoms with Gasteiger partial charge in [0.1, 0.15) is 22.7 Å². The molecule has 30 heavy (non-hydrogen) atoms. The van der Waals surface area contributed by atoms with Gasteiger partial charge in [-0.1, -0.05) is 30.3 Å². The maximum Gasteiger partial charge on any atom is 0.459 e. The van der Waals surface area contributed by atoms with E-state index < -0.39 is 23.7 Å². The van der Waals surface area contributed by atoms with E-state index in [1.165, 1.54) is 16.5 Å². The van der Waals surface area contributed by atoms with Crippen molar-refractivity contribution in [3.63, 3.8) is 0 Å². The third kappa shape index (κ3) is 3.03. The summed E-state index contributed by atoms with van der Waals surface area (Å²) in [4.78, 5) is 19.4. The molecule has 3 N–H and O–H groups in total. The van der Waals surface area contributed by atoms with E-state index in [4.69, 9.17) is 5.84 Å². The summed E-state index contributed by atoms with van der Waals surface area (Å²) >= 11 is 0. The van der Waals surface area contributed by atoms with E-state index in [2.05, 4.69) is 9.97 Å². The average molecular weight is 421 g/mol. The van der Waals surface area contributed by atoms with E-state index in [1.54, 1.807) is 30.3 Å². The Bertz CT molecular complexity index is 1270. The molecule has 0 spiro atoms. The summed E-state index contributed by atoms with van der Waals surface area (Å²) < 4.78 is 68.7. The van der Waals surface area contributed by atoms with Crippen LogP contribution in [-0.4, -0.2) is 26.5 Å². The number of nitrogens with zero attached hydrogens (tertiary/aromatic N) is 3. The van der Waals surface area contributed by atoms with Gasteiger partial charge in [-0.2, -0.15) is 22.0 Å². The molecule has 0 aliphatic heterocycles. The highest BCUT2D eigenvalue weighted by Gasteiger charge is 2.60. The normalized spacial score (nSPS) is 12.5. The van der Waals surface area contributed by atoms with Gasteiger partial charge in [0.25, 0.3) is 5.91 Å². The first-order valence-electron chi connectivity index (χ1n) is 8.47. The minimum atomic E-state index is -5.84. The highest BCUT2D eigenvalue weighted by molar-refractivity contribution is 5.96. The molecule has 3 heterocycles. The molecule has 0 fully saturated rings. The van der Waals surface area contributed by atoms with Crippen LogP contribution in [0.1, 0.15) is 16.2 Å². The number of halogens is 5. The molecule has 4 rings (SSSR count). The van der Waals surface area contributed by atoms with Gasteiger partial charge < -0.3 is 0 Å². The second-order valence-corrected chi connectivity index (χ2v) is 6.39. The van der Waals surface area contributed by atoms with Gasteiger partial charge in [0.2, 0.25) is 0 Å². The van der Waals surface area contributed by atoms with Gasteiger partial charge in [0.05, 0.1) is 0 Å². The fourth-order valence-electron chi connectivity index (χ4n) is 3.08. The van der Waals surface area contributed by atoms with E-state index in [0.29, 0.717) is 10.9 Å². The van der Waals surface area contributed by atoms with Crippen molar-refractivity contribution >= 4 is 22.6 Å². The number of rotatable bonds is 3. The van der Waals surface area contributed by atoms with Gasteiger partial charge in [0, 0.05) is 11.6 Å². The van der Waals surface area contributed by atoms with Crippen molar-refractivity contribution in [3.05, 3.63) is 66.1 Å². The van der Waals surface area contributed by atoms with Crippen molar-refractivity contribution in [1.82, 2.24) is 19.8 Å². The lowest BCUT2D eigenvalue weighted by molar-refractivity contribution is -0.290. The summed E-state index contributed by atoms with van der Waals surface area (Å²) in [6.45, 7) is 0. The Labute approximate surface area is 165 Å². The number of nitrogens with one attached hydrogen (secondary N) is 1. The Morgan fingerprint density at radius 3 is 2.33 bits per heavy atom. The standard InChI is InChI=1S/C19H12F5N5O/c20-18(21,19(22,23)24)14-8-12(10-4-2-1-3-5-10)11-6-7-15-26-13(17(30)28-25)9-29(15)16(11)27-14/h1-9H,25H2,(H,28,30). The number of carbonyl (C=O) groups is 1. The van der Waals surface area contributed by atoms with Crippen LogP contribution in [0.3, 0.4) is 0 Å². The van der Waals surface area contributed by atoms with Gasteiger partial charge in [-0.15, -0.1) is 0 Å². The predicted molar refractivity (Wildman–Crippen MR) is 97.5 cm³/mol. The molecule has 0 radical (unpaired) electrons. The highest BCUT2D eigenvalue weighted by atomic mass is 19.4. The predicted octanol–water partition coefficient (Wildman–Crippen LogP) is 3.81. The number of alkyl halides is 5. The quantitative estimate of drug-likeness (QED) is 0.228. The van der Waals surface area contributed by atoms with Crippen molar-refractivity contribution in [3.8, 4) is 11.1 Å².